The molecule has 0 N–H and O–H groups in total. The van der Waals surface area contributed by atoms with Gasteiger partial charge in [-0.15, -0.1) is 0 Å². The first-order chi connectivity index (χ1) is 31.6. The summed E-state index contributed by atoms with van der Waals surface area (Å²) in [4.78, 5) is 25.4. The lowest BCUT2D eigenvalue weighted by Crippen LogP contribution is -2.30. The zero-order valence-electron chi connectivity index (χ0n) is 41.5. The van der Waals surface area contributed by atoms with Crippen LogP contribution in [0.1, 0.15) is 213 Å². The van der Waals surface area contributed by atoms with Gasteiger partial charge >= 0.3 is 11.9 Å². The molecule has 0 heterocycles. The van der Waals surface area contributed by atoms with E-state index in [1.807, 2.05) is 0 Å². The number of hydrogen-bond acceptors (Lipinski definition) is 5. The molecule has 0 aliphatic rings. The minimum atomic E-state index is -0.572. The van der Waals surface area contributed by atoms with E-state index in [1.165, 1.54) is 38.5 Å². The summed E-state index contributed by atoms with van der Waals surface area (Å²) in [5, 5.41) is 0. The van der Waals surface area contributed by atoms with Gasteiger partial charge in [-0.2, -0.15) is 0 Å². The summed E-state index contributed by atoms with van der Waals surface area (Å²) in [5.74, 6) is -0.456. The molecule has 0 rings (SSSR count). The van der Waals surface area contributed by atoms with Gasteiger partial charge in [-0.05, 0) is 122 Å². The molecule has 1 atom stereocenters. The normalized spacial score (nSPS) is 13.2. The lowest BCUT2D eigenvalue weighted by molar-refractivity contribution is -0.163. The number of rotatable bonds is 46. The van der Waals surface area contributed by atoms with E-state index in [4.69, 9.17) is 14.2 Å². The van der Waals surface area contributed by atoms with E-state index in [0.29, 0.717) is 19.4 Å². The van der Waals surface area contributed by atoms with Crippen LogP contribution in [0.25, 0.3) is 0 Å². The van der Waals surface area contributed by atoms with Crippen molar-refractivity contribution in [2.45, 2.75) is 219 Å². The van der Waals surface area contributed by atoms with Gasteiger partial charge < -0.3 is 14.2 Å². The molecule has 64 heavy (non-hydrogen) atoms. The Labute approximate surface area is 395 Å². The first-order valence-corrected chi connectivity index (χ1v) is 26.1. The largest absolute Gasteiger partial charge is 0.462 e. The van der Waals surface area contributed by atoms with Crippen LogP contribution in [0.5, 0.6) is 0 Å². The van der Waals surface area contributed by atoms with Gasteiger partial charge in [0.2, 0.25) is 0 Å². The summed E-state index contributed by atoms with van der Waals surface area (Å²) in [6.07, 6.45) is 74.9. The lowest BCUT2D eigenvalue weighted by Gasteiger charge is -2.18. The van der Waals surface area contributed by atoms with E-state index in [9.17, 15) is 9.59 Å². The maximum atomic E-state index is 12.8. The average Bonchev–Trinajstić information content (AvgIpc) is 3.30. The van der Waals surface area contributed by atoms with Crippen LogP contribution in [-0.2, 0) is 23.8 Å². The minimum Gasteiger partial charge on any atom is -0.462 e. The molecular formula is C59H96O5. The second kappa shape index (κ2) is 53.6. The van der Waals surface area contributed by atoms with Crippen LogP contribution in [0, 0.1) is 0 Å². The van der Waals surface area contributed by atoms with Crippen LogP contribution in [0.15, 0.2) is 122 Å². The molecule has 0 radical (unpaired) electrons. The first-order valence-electron chi connectivity index (χ1n) is 26.1. The van der Waals surface area contributed by atoms with Gasteiger partial charge in [-0.25, -0.2) is 0 Å². The Morgan fingerprint density at radius 3 is 1.05 bits per heavy atom. The zero-order chi connectivity index (χ0) is 46.3. The maximum absolute atomic E-state index is 12.8. The molecule has 0 spiro atoms. The number of unbranched alkanes of at least 4 members (excludes halogenated alkanes) is 15. The van der Waals surface area contributed by atoms with Crippen LogP contribution in [0.3, 0.4) is 0 Å². The highest BCUT2D eigenvalue weighted by atomic mass is 16.6. The summed E-state index contributed by atoms with van der Waals surface area (Å²) in [7, 11) is 0. The molecular weight excluding hydrogens is 789 g/mol. The monoisotopic (exact) mass is 885 g/mol. The molecule has 1 unspecified atom stereocenters. The second-order valence-corrected chi connectivity index (χ2v) is 16.6. The summed E-state index contributed by atoms with van der Waals surface area (Å²) in [6.45, 7) is 7.39. The van der Waals surface area contributed by atoms with Crippen molar-refractivity contribution in [1.82, 2.24) is 0 Å². The predicted molar refractivity (Wildman–Crippen MR) is 279 cm³/mol. The second-order valence-electron chi connectivity index (χ2n) is 16.6. The Kier molecular flexibility index (Phi) is 50.5. The zero-order valence-corrected chi connectivity index (χ0v) is 41.5. The van der Waals surface area contributed by atoms with E-state index < -0.39 is 6.10 Å². The van der Waals surface area contributed by atoms with E-state index in [-0.39, 0.29) is 25.2 Å². The van der Waals surface area contributed by atoms with Gasteiger partial charge in [0.25, 0.3) is 0 Å². The van der Waals surface area contributed by atoms with Gasteiger partial charge in [0.05, 0.1) is 6.61 Å². The SMILES string of the molecule is CC/C=C\C/C=C\C/C=C\C/C=C\CCCCCCC(=O)OCC(COCCCCCC/C=C\C/C=C\C/C=C\CC)OC(=O)CCCCCCCCC/C=C\C/C=C\C/C=C\CC. The van der Waals surface area contributed by atoms with Gasteiger partial charge in [0.1, 0.15) is 6.61 Å². The Morgan fingerprint density at radius 2 is 0.656 bits per heavy atom. The smallest absolute Gasteiger partial charge is 0.306 e. The summed E-state index contributed by atoms with van der Waals surface area (Å²) < 4.78 is 17.4. The fourth-order valence-corrected chi connectivity index (χ4v) is 6.70. The molecule has 362 valence electrons. The van der Waals surface area contributed by atoms with Crippen LogP contribution in [0.4, 0.5) is 0 Å². The Balaban J connectivity index is 4.39. The van der Waals surface area contributed by atoms with E-state index in [1.54, 1.807) is 0 Å². The Morgan fingerprint density at radius 1 is 0.344 bits per heavy atom. The van der Waals surface area contributed by atoms with Crippen LogP contribution < -0.4 is 0 Å². The van der Waals surface area contributed by atoms with Gasteiger partial charge in [0.15, 0.2) is 6.10 Å². The first kappa shape index (κ1) is 60.3. The van der Waals surface area contributed by atoms with Crippen molar-refractivity contribution in [3.05, 3.63) is 122 Å². The maximum Gasteiger partial charge on any atom is 0.306 e. The fourth-order valence-electron chi connectivity index (χ4n) is 6.70. The van der Waals surface area contributed by atoms with E-state index in [2.05, 4.69) is 142 Å². The van der Waals surface area contributed by atoms with Gasteiger partial charge in [0, 0.05) is 19.4 Å². The minimum absolute atomic E-state index is 0.0515. The molecule has 0 saturated carbocycles. The summed E-state index contributed by atoms with van der Waals surface area (Å²) in [6, 6.07) is 0. The number of esters is 2. The quantitative estimate of drug-likeness (QED) is 0.0346. The van der Waals surface area contributed by atoms with Crippen molar-refractivity contribution in [3.8, 4) is 0 Å². The molecule has 0 fully saturated rings. The summed E-state index contributed by atoms with van der Waals surface area (Å²) >= 11 is 0. The molecule has 0 aliphatic heterocycles. The predicted octanol–water partition coefficient (Wildman–Crippen LogP) is 17.8. The van der Waals surface area contributed by atoms with Crippen LogP contribution in [0.2, 0.25) is 0 Å². The Bertz CT molecular complexity index is 1320. The summed E-state index contributed by atoms with van der Waals surface area (Å²) in [5.41, 5.74) is 0. The number of ether oxygens (including phenoxy) is 3. The highest BCUT2D eigenvalue weighted by molar-refractivity contribution is 5.70. The topological polar surface area (TPSA) is 61.8 Å². The third kappa shape index (κ3) is 50.9. The van der Waals surface area contributed by atoms with Crippen molar-refractivity contribution in [2.75, 3.05) is 19.8 Å². The molecule has 0 bridgehead atoms. The lowest BCUT2D eigenvalue weighted by atomic mass is 10.1. The third-order valence-electron chi connectivity index (χ3n) is 10.5. The van der Waals surface area contributed by atoms with Crippen LogP contribution >= 0.6 is 0 Å². The molecule has 0 saturated heterocycles. The van der Waals surface area contributed by atoms with E-state index >= 15 is 0 Å². The number of carbonyl (C=O) groups is 2. The highest BCUT2D eigenvalue weighted by Crippen LogP contribution is 2.13. The molecule has 0 aromatic heterocycles. The van der Waals surface area contributed by atoms with Crippen molar-refractivity contribution < 1.29 is 23.8 Å². The molecule has 5 heteroatoms. The number of allylic oxidation sites excluding steroid dienone is 20. The third-order valence-corrected chi connectivity index (χ3v) is 10.5. The molecule has 0 amide bonds. The number of carbonyl (C=O) groups excluding carboxylic acids is 2. The van der Waals surface area contributed by atoms with Crippen molar-refractivity contribution in [1.29, 1.82) is 0 Å². The molecule has 5 nitrogen and oxygen atoms in total. The average molecular weight is 885 g/mol. The van der Waals surface area contributed by atoms with Gasteiger partial charge in [-0.1, -0.05) is 200 Å². The van der Waals surface area contributed by atoms with Crippen LogP contribution in [-0.4, -0.2) is 37.9 Å². The Hall–Kier alpha value is -3.70. The molecule has 0 aliphatic carbocycles. The van der Waals surface area contributed by atoms with Crippen molar-refractivity contribution >= 4 is 11.9 Å². The molecule has 0 aromatic carbocycles. The van der Waals surface area contributed by atoms with Crippen molar-refractivity contribution in [2.24, 2.45) is 0 Å². The van der Waals surface area contributed by atoms with E-state index in [0.717, 1.165) is 141 Å². The van der Waals surface area contributed by atoms with Gasteiger partial charge in [-0.3, -0.25) is 9.59 Å². The highest BCUT2D eigenvalue weighted by Gasteiger charge is 2.17. The fraction of sp³-hybridized carbons (Fsp3) is 0.627. The molecule has 0 aromatic rings. The number of hydrogen-bond donors (Lipinski definition) is 0. The van der Waals surface area contributed by atoms with Crippen molar-refractivity contribution in [3.63, 3.8) is 0 Å². The standard InChI is InChI=1S/C59H96O5/c1-4-7-10-13-16-19-22-25-28-30-32-34-37-40-43-46-49-52-58(60)63-56-57(55-62-54-51-48-45-42-39-36-27-24-21-18-15-12-9-6-3)64-59(61)53-50-47-44-41-38-35-33-31-29-26-23-20-17-14-11-8-5-2/h7-12,16-21,25-29,32,34,36,57H,4-6,13-15,22-24,30-31,33,35,37-56H2,1-3H3/b10-7-,11-8-,12-9-,19-16-,20-17-,21-18-,28-25-,29-26-,34-32-,36-27-.